The highest BCUT2D eigenvalue weighted by atomic mass is 19.1. The minimum Gasteiger partial charge on any atom is -0.449 e. The van der Waals surface area contributed by atoms with E-state index in [4.69, 9.17) is 14.2 Å². The van der Waals surface area contributed by atoms with Crippen LogP contribution in [0, 0.1) is 5.82 Å². The van der Waals surface area contributed by atoms with E-state index in [0.717, 1.165) is 0 Å². The van der Waals surface area contributed by atoms with Crippen LogP contribution >= 0.6 is 0 Å². The average molecular weight is 400 g/mol. The van der Waals surface area contributed by atoms with Gasteiger partial charge in [-0.2, -0.15) is 0 Å². The third-order valence-electron chi connectivity index (χ3n) is 4.29. The maximum Gasteiger partial charge on any atom is 0.294 e. The first kappa shape index (κ1) is 20.5. The smallest absolute Gasteiger partial charge is 0.294 e. The number of para-hydroxylation sites is 2. The van der Waals surface area contributed by atoms with Gasteiger partial charge in [0.1, 0.15) is 12.4 Å². The van der Waals surface area contributed by atoms with E-state index < -0.39 is 12.2 Å². The normalized spacial score (nSPS) is 14.7. The Morgan fingerprint density at radius 2 is 1.86 bits per heavy atom. The molecule has 0 fully saturated rings. The predicted octanol–water partition coefficient (Wildman–Crippen LogP) is 2.33. The Morgan fingerprint density at radius 1 is 1.17 bits per heavy atom. The molecule has 0 radical (unpaired) electrons. The number of methoxy groups -OCH3 is 2. The molecule has 0 saturated carbocycles. The summed E-state index contributed by atoms with van der Waals surface area (Å²) in [5, 5.41) is 2.67. The number of carbonyl (C=O) groups is 2. The van der Waals surface area contributed by atoms with Crippen molar-refractivity contribution in [1.82, 2.24) is 5.32 Å². The van der Waals surface area contributed by atoms with Gasteiger partial charge >= 0.3 is 0 Å². The quantitative estimate of drug-likeness (QED) is 0.570. The van der Waals surface area contributed by atoms with E-state index in [2.05, 4.69) is 5.32 Å². The van der Waals surface area contributed by atoms with Crippen LogP contribution in [0.25, 0.3) is 6.08 Å². The number of anilines is 1. The number of hydrogen-bond donors (Lipinski definition) is 1. The Labute approximate surface area is 167 Å². The number of fused-ring (bicyclic) bond motifs is 1. The SMILES string of the molecule is COC(CNC(=O)CN1C(=O)/C(=C\c2ccc(F)cc2)Oc2ccccc21)OC. The molecule has 1 heterocycles. The fourth-order valence-corrected chi connectivity index (χ4v) is 2.79. The van der Waals surface area contributed by atoms with Gasteiger partial charge in [-0.1, -0.05) is 24.3 Å². The number of benzene rings is 2. The highest BCUT2D eigenvalue weighted by molar-refractivity contribution is 6.12. The molecule has 2 aromatic rings. The Bertz CT molecular complexity index is 910. The van der Waals surface area contributed by atoms with Crippen molar-refractivity contribution in [3.8, 4) is 5.75 Å². The van der Waals surface area contributed by atoms with Gasteiger partial charge in [0.2, 0.25) is 5.91 Å². The minimum absolute atomic E-state index is 0.0368. The maximum atomic E-state index is 13.1. The Balaban J connectivity index is 1.82. The monoisotopic (exact) mass is 400 g/mol. The minimum atomic E-state index is -0.583. The molecule has 1 aliphatic rings. The zero-order valence-corrected chi connectivity index (χ0v) is 16.1. The highest BCUT2D eigenvalue weighted by Crippen LogP contribution is 2.35. The highest BCUT2D eigenvalue weighted by Gasteiger charge is 2.31. The van der Waals surface area contributed by atoms with Gasteiger partial charge in [-0.25, -0.2) is 4.39 Å². The molecule has 0 saturated heterocycles. The lowest BCUT2D eigenvalue weighted by Crippen LogP contribution is -2.45. The van der Waals surface area contributed by atoms with Gasteiger partial charge in [0.25, 0.3) is 5.91 Å². The standard InChI is InChI=1S/C21H21FN2O5/c1-27-20(28-2)12-23-19(25)13-24-16-5-3-4-6-17(16)29-18(21(24)26)11-14-7-9-15(22)10-8-14/h3-11,20H,12-13H2,1-2H3,(H,23,25)/b18-11+. The molecule has 0 unspecified atom stereocenters. The second-order valence-electron chi connectivity index (χ2n) is 6.23. The lowest BCUT2D eigenvalue weighted by atomic mass is 10.1. The van der Waals surface area contributed by atoms with Crippen LogP contribution in [0.3, 0.4) is 0 Å². The number of rotatable bonds is 7. The molecule has 3 rings (SSSR count). The predicted molar refractivity (Wildman–Crippen MR) is 105 cm³/mol. The van der Waals surface area contributed by atoms with Crippen molar-refractivity contribution in [3.05, 3.63) is 65.7 Å². The van der Waals surface area contributed by atoms with Gasteiger partial charge in [0, 0.05) is 14.2 Å². The van der Waals surface area contributed by atoms with Crippen molar-refractivity contribution in [3.63, 3.8) is 0 Å². The molecule has 0 spiro atoms. The summed E-state index contributed by atoms with van der Waals surface area (Å²) in [7, 11) is 2.93. The molecule has 0 aliphatic carbocycles. The Kier molecular flexibility index (Phi) is 6.58. The van der Waals surface area contributed by atoms with Crippen molar-refractivity contribution >= 4 is 23.6 Å². The summed E-state index contributed by atoms with van der Waals surface area (Å²) < 4.78 is 28.9. The first-order valence-electron chi connectivity index (χ1n) is 8.90. The zero-order valence-electron chi connectivity index (χ0n) is 16.1. The van der Waals surface area contributed by atoms with E-state index >= 15 is 0 Å². The summed E-state index contributed by atoms with van der Waals surface area (Å²) >= 11 is 0. The largest absolute Gasteiger partial charge is 0.449 e. The van der Waals surface area contributed by atoms with E-state index in [1.165, 1.54) is 49.5 Å². The van der Waals surface area contributed by atoms with Gasteiger partial charge in [-0.15, -0.1) is 0 Å². The van der Waals surface area contributed by atoms with Crippen LogP contribution in [0.1, 0.15) is 5.56 Å². The number of hydrogen-bond acceptors (Lipinski definition) is 5. The first-order valence-corrected chi connectivity index (χ1v) is 8.90. The van der Waals surface area contributed by atoms with Crippen LogP contribution in [0.5, 0.6) is 5.75 Å². The molecule has 0 atom stereocenters. The molecule has 7 nitrogen and oxygen atoms in total. The van der Waals surface area contributed by atoms with Crippen molar-refractivity contribution < 1.29 is 28.2 Å². The lowest BCUT2D eigenvalue weighted by molar-refractivity contribution is -0.127. The number of nitrogens with zero attached hydrogens (tertiary/aromatic N) is 1. The number of amides is 2. The molecule has 8 heteroatoms. The number of halogens is 1. The second-order valence-corrected chi connectivity index (χ2v) is 6.23. The van der Waals surface area contributed by atoms with Crippen molar-refractivity contribution in [1.29, 1.82) is 0 Å². The molecule has 152 valence electrons. The zero-order chi connectivity index (χ0) is 20.8. The van der Waals surface area contributed by atoms with Crippen molar-refractivity contribution in [2.45, 2.75) is 6.29 Å². The molecule has 0 bridgehead atoms. The van der Waals surface area contributed by atoms with Gasteiger partial charge in [0.05, 0.1) is 12.2 Å². The molecule has 1 aliphatic heterocycles. The summed E-state index contributed by atoms with van der Waals surface area (Å²) in [6.07, 6.45) is 0.926. The van der Waals surface area contributed by atoms with Crippen LogP contribution in [-0.4, -0.2) is 45.4 Å². The van der Waals surface area contributed by atoms with Crippen LogP contribution in [-0.2, 0) is 19.1 Å². The summed E-state index contributed by atoms with van der Waals surface area (Å²) in [4.78, 5) is 26.7. The number of ether oxygens (including phenoxy) is 3. The van der Waals surface area contributed by atoms with E-state index in [-0.39, 0.29) is 30.6 Å². The number of nitrogens with one attached hydrogen (secondary N) is 1. The maximum absolute atomic E-state index is 13.1. The van der Waals surface area contributed by atoms with Gasteiger partial charge in [0.15, 0.2) is 17.8 Å². The van der Waals surface area contributed by atoms with Crippen molar-refractivity contribution in [2.24, 2.45) is 0 Å². The fourth-order valence-electron chi connectivity index (χ4n) is 2.79. The summed E-state index contributed by atoms with van der Waals surface area (Å²) in [5.74, 6) is -0.750. The topological polar surface area (TPSA) is 77.1 Å². The Hall–Kier alpha value is -3.23. The fraction of sp³-hybridized carbons (Fsp3) is 0.238. The third-order valence-corrected chi connectivity index (χ3v) is 4.29. The van der Waals surface area contributed by atoms with Crippen molar-refractivity contribution in [2.75, 3.05) is 32.2 Å². The summed E-state index contributed by atoms with van der Waals surface area (Å²) in [6.45, 7) is -0.0651. The molecular weight excluding hydrogens is 379 g/mol. The van der Waals surface area contributed by atoms with E-state index in [1.54, 1.807) is 24.3 Å². The molecule has 29 heavy (non-hydrogen) atoms. The second kappa shape index (κ2) is 9.31. The van der Waals surface area contributed by atoms with Gasteiger partial charge < -0.3 is 19.5 Å². The number of carbonyl (C=O) groups excluding carboxylic acids is 2. The molecular formula is C21H21FN2O5. The third kappa shape index (κ3) is 4.98. The van der Waals surface area contributed by atoms with E-state index in [1.807, 2.05) is 0 Å². The molecule has 2 amide bonds. The summed E-state index contributed by atoms with van der Waals surface area (Å²) in [6, 6.07) is 12.6. The Morgan fingerprint density at radius 3 is 2.55 bits per heavy atom. The lowest BCUT2D eigenvalue weighted by Gasteiger charge is -2.30. The van der Waals surface area contributed by atoms with Gasteiger partial charge in [-0.05, 0) is 35.9 Å². The summed E-state index contributed by atoms with van der Waals surface area (Å²) in [5.41, 5.74) is 1.08. The van der Waals surface area contributed by atoms with E-state index in [0.29, 0.717) is 17.0 Å². The van der Waals surface area contributed by atoms with Crippen LogP contribution in [0.4, 0.5) is 10.1 Å². The van der Waals surface area contributed by atoms with Gasteiger partial charge in [-0.3, -0.25) is 14.5 Å². The first-order chi connectivity index (χ1) is 14.0. The van der Waals surface area contributed by atoms with Crippen LogP contribution < -0.4 is 15.0 Å². The average Bonchev–Trinajstić information content (AvgIpc) is 2.73. The van der Waals surface area contributed by atoms with Crippen LogP contribution in [0.15, 0.2) is 54.3 Å². The molecule has 0 aromatic heterocycles. The molecule has 1 N–H and O–H groups in total. The molecule has 2 aromatic carbocycles. The van der Waals surface area contributed by atoms with Crippen LogP contribution in [0.2, 0.25) is 0 Å². The van der Waals surface area contributed by atoms with E-state index in [9.17, 15) is 14.0 Å².